The molecule has 0 spiro atoms. The van der Waals surface area contributed by atoms with Crippen LogP contribution in [0.3, 0.4) is 0 Å². The van der Waals surface area contributed by atoms with Crippen molar-refractivity contribution in [3.8, 4) is 11.4 Å². The summed E-state index contributed by atoms with van der Waals surface area (Å²) in [7, 11) is 0. The standard InChI is InChI=1S/C23H23Cl2N9/c1-15-19(21(24)33(31-15)17-9-5-3-6-10-17)13-27-29-23(26)30-28-14-20-16(2)32-34(22(20)25)18-11-7-4-8-12-18/h3-14,23,29-30H,26H2,1-2H3. The smallest absolute Gasteiger partial charge is 0.180 e. The molecule has 4 aromatic rings. The summed E-state index contributed by atoms with van der Waals surface area (Å²) in [5.41, 5.74) is 16.1. The average Bonchev–Trinajstić information content (AvgIpc) is 3.30. The normalized spacial score (nSPS) is 12.5. The first-order valence-corrected chi connectivity index (χ1v) is 11.1. The van der Waals surface area contributed by atoms with Crippen LogP contribution in [0.5, 0.6) is 0 Å². The van der Waals surface area contributed by atoms with E-state index in [2.05, 4.69) is 31.3 Å². The van der Waals surface area contributed by atoms with E-state index in [4.69, 9.17) is 28.9 Å². The molecule has 0 saturated carbocycles. The van der Waals surface area contributed by atoms with Crippen molar-refractivity contribution in [3.63, 3.8) is 0 Å². The lowest BCUT2D eigenvalue weighted by Gasteiger charge is -2.09. The predicted octanol–water partition coefficient (Wildman–Crippen LogP) is 3.77. The number of hydrogen-bond donors (Lipinski definition) is 3. The van der Waals surface area contributed by atoms with Crippen molar-refractivity contribution in [1.82, 2.24) is 30.4 Å². The molecular formula is C23H23Cl2N9. The van der Waals surface area contributed by atoms with Crippen LogP contribution in [0.15, 0.2) is 70.9 Å². The summed E-state index contributed by atoms with van der Waals surface area (Å²) in [5, 5.41) is 18.2. The quantitative estimate of drug-likeness (QED) is 0.195. The molecule has 0 bridgehead atoms. The number of hydrogen-bond acceptors (Lipinski definition) is 7. The molecular weight excluding hydrogens is 473 g/mol. The number of halogens is 2. The summed E-state index contributed by atoms with van der Waals surface area (Å²) in [6.07, 6.45) is 2.39. The minimum atomic E-state index is -0.751. The fraction of sp³-hybridized carbons (Fsp3) is 0.130. The molecule has 0 aliphatic carbocycles. The second-order valence-electron chi connectivity index (χ2n) is 7.33. The van der Waals surface area contributed by atoms with E-state index in [-0.39, 0.29) is 0 Å². The molecule has 0 saturated heterocycles. The van der Waals surface area contributed by atoms with E-state index in [1.54, 1.807) is 21.8 Å². The Balaban J connectivity index is 1.38. The van der Waals surface area contributed by atoms with E-state index in [0.717, 1.165) is 22.8 Å². The van der Waals surface area contributed by atoms with Gasteiger partial charge in [-0.1, -0.05) is 59.6 Å². The van der Waals surface area contributed by atoms with Crippen molar-refractivity contribution in [1.29, 1.82) is 0 Å². The molecule has 4 N–H and O–H groups in total. The maximum Gasteiger partial charge on any atom is 0.180 e. The molecule has 4 rings (SSSR count). The number of para-hydroxylation sites is 2. The van der Waals surface area contributed by atoms with Gasteiger partial charge in [0.05, 0.1) is 46.3 Å². The van der Waals surface area contributed by atoms with E-state index >= 15 is 0 Å². The number of rotatable bonds is 8. The second kappa shape index (κ2) is 10.5. The first-order valence-electron chi connectivity index (χ1n) is 10.4. The number of aromatic nitrogens is 4. The third-order valence-electron chi connectivity index (χ3n) is 4.91. The molecule has 2 aromatic carbocycles. The van der Waals surface area contributed by atoms with Gasteiger partial charge in [-0.2, -0.15) is 20.4 Å². The molecule has 0 fully saturated rings. The van der Waals surface area contributed by atoms with E-state index < -0.39 is 6.29 Å². The number of nitrogens with two attached hydrogens (primary N) is 1. The summed E-state index contributed by atoms with van der Waals surface area (Å²) in [5.74, 6) is 0. The molecule has 34 heavy (non-hydrogen) atoms. The Morgan fingerprint density at radius 3 is 1.53 bits per heavy atom. The molecule has 2 aromatic heterocycles. The van der Waals surface area contributed by atoms with Gasteiger partial charge in [-0.15, -0.1) is 0 Å². The summed E-state index contributed by atoms with van der Waals surface area (Å²) >= 11 is 13.0. The van der Waals surface area contributed by atoms with E-state index in [1.165, 1.54) is 0 Å². The Kier molecular flexibility index (Phi) is 7.27. The highest BCUT2D eigenvalue weighted by Gasteiger charge is 2.14. The highest BCUT2D eigenvalue weighted by molar-refractivity contribution is 6.32. The van der Waals surface area contributed by atoms with Crippen LogP contribution >= 0.6 is 23.2 Å². The van der Waals surface area contributed by atoms with E-state index in [0.29, 0.717) is 21.4 Å². The average molecular weight is 496 g/mol. The Labute approximate surface area is 206 Å². The minimum Gasteiger partial charge on any atom is -0.292 e. The zero-order valence-electron chi connectivity index (χ0n) is 18.5. The van der Waals surface area contributed by atoms with Gasteiger partial charge in [-0.25, -0.2) is 9.36 Å². The maximum atomic E-state index is 6.50. The zero-order chi connectivity index (χ0) is 24.1. The van der Waals surface area contributed by atoms with Crippen LogP contribution in [0.2, 0.25) is 10.3 Å². The SMILES string of the molecule is Cc1nn(-c2ccccc2)c(Cl)c1C=NNC(N)NN=Cc1c(C)nn(-c2ccccc2)c1Cl. The number of hydrazone groups is 2. The minimum absolute atomic E-state index is 0.453. The third-order valence-corrected chi connectivity index (χ3v) is 5.64. The van der Waals surface area contributed by atoms with Gasteiger partial charge in [0.25, 0.3) is 0 Å². The summed E-state index contributed by atoms with van der Waals surface area (Å²) in [6, 6.07) is 19.2. The third kappa shape index (κ3) is 5.12. The van der Waals surface area contributed by atoms with Crippen molar-refractivity contribution in [3.05, 3.63) is 93.5 Å². The summed E-state index contributed by atoms with van der Waals surface area (Å²) in [6.45, 7) is 3.72. The van der Waals surface area contributed by atoms with Crippen molar-refractivity contribution < 1.29 is 0 Å². The lowest BCUT2D eigenvalue weighted by atomic mass is 10.3. The Morgan fingerprint density at radius 2 is 1.15 bits per heavy atom. The molecule has 9 nitrogen and oxygen atoms in total. The monoisotopic (exact) mass is 495 g/mol. The number of nitrogens with zero attached hydrogens (tertiary/aromatic N) is 6. The van der Waals surface area contributed by atoms with Crippen LogP contribution in [0.4, 0.5) is 0 Å². The van der Waals surface area contributed by atoms with Gasteiger partial charge in [-0.05, 0) is 38.1 Å². The molecule has 0 unspecified atom stereocenters. The van der Waals surface area contributed by atoms with Crippen LogP contribution in [-0.2, 0) is 0 Å². The molecule has 0 aliphatic rings. The number of nitrogens with one attached hydrogen (secondary N) is 2. The van der Waals surface area contributed by atoms with Crippen LogP contribution in [0, 0.1) is 13.8 Å². The Hall–Kier alpha value is -3.66. The maximum absolute atomic E-state index is 6.50. The van der Waals surface area contributed by atoms with Gasteiger partial charge < -0.3 is 0 Å². The largest absolute Gasteiger partial charge is 0.292 e. The lowest BCUT2D eigenvalue weighted by Crippen LogP contribution is -2.44. The lowest BCUT2D eigenvalue weighted by molar-refractivity contribution is 0.464. The second-order valence-corrected chi connectivity index (χ2v) is 8.04. The van der Waals surface area contributed by atoms with Gasteiger partial charge >= 0.3 is 0 Å². The van der Waals surface area contributed by atoms with Crippen molar-refractivity contribution in [2.24, 2.45) is 15.9 Å². The van der Waals surface area contributed by atoms with Gasteiger partial charge in [-0.3, -0.25) is 16.6 Å². The number of aryl methyl sites for hydroxylation is 2. The molecule has 0 radical (unpaired) electrons. The molecule has 0 aliphatic heterocycles. The van der Waals surface area contributed by atoms with Crippen LogP contribution in [0.1, 0.15) is 22.5 Å². The van der Waals surface area contributed by atoms with Crippen molar-refractivity contribution >= 4 is 35.6 Å². The Morgan fingerprint density at radius 1 is 0.765 bits per heavy atom. The molecule has 2 heterocycles. The summed E-state index contributed by atoms with van der Waals surface area (Å²) in [4.78, 5) is 0. The van der Waals surface area contributed by atoms with E-state index in [9.17, 15) is 0 Å². The fourth-order valence-electron chi connectivity index (χ4n) is 3.19. The molecule has 0 atom stereocenters. The van der Waals surface area contributed by atoms with E-state index in [1.807, 2.05) is 74.5 Å². The first-order chi connectivity index (χ1) is 16.5. The highest BCUT2D eigenvalue weighted by Crippen LogP contribution is 2.23. The first kappa shape index (κ1) is 23.5. The van der Waals surface area contributed by atoms with Crippen LogP contribution in [0.25, 0.3) is 11.4 Å². The molecule has 0 amide bonds. The topological polar surface area (TPSA) is 110 Å². The number of benzene rings is 2. The highest BCUT2D eigenvalue weighted by atomic mass is 35.5. The molecule has 11 heteroatoms. The zero-order valence-corrected chi connectivity index (χ0v) is 20.0. The van der Waals surface area contributed by atoms with Crippen LogP contribution < -0.4 is 16.6 Å². The van der Waals surface area contributed by atoms with Crippen LogP contribution in [-0.4, -0.2) is 38.3 Å². The van der Waals surface area contributed by atoms with Gasteiger partial charge in [0, 0.05) is 0 Å². The predicted molar refractivity (Wildman–Crippen MR) is 136 cm³/mol. The molecule has 174 valence electrons. The van der Waals surface area contributed by atoms with Crippen molar-refractivity contribution in [2.75, 3.05) is 0 Å². The van der Waals surface area contributed by atoms with Crippen molar-refractivity contribution in [2.45, 2.75) is 20.1 Å². The summed E-state index contributed by atoms with van der Waals surface area (Å²) < 4.78 is 3.31. The Bertz CT molecular complexity index is 1210. The van der Waals surface area contributed by atoms with Gasteiger partial charge in [0.15, 0.2) is 6.29 Å². The van der Waals surface area contributed by atoms with Gasteiger partial charge in [0.2, 0.25) is 0 Å². The van der Waals surface area contributed by atoms with Gasteiger partial charge in [0.1, 0.15) is 10.3 Å². The fourth-order valence-corrected chi connectivity index (χ4v) is 3.83.